The molecule has 0 aliphatic carbocycles. The normalized spacial score (nSPS) is 20.3. The molecule has 1 aliphatic rings. The summed E-state index contributed by atoms with van der Waals surface area (Å²) in [4.78, 5) is 0. The van der Waals surface area contributed by atoms with Crippen LogP contribution in [-0.2, 0) is 14.8 Å². The number of nitrogens with one attached hydrogen (secondary N) is 1. The average Bonchev–Trinajstić information content (AvgIpc) is 2.69. The summed E-state index contributed by atoms with van der Waals surface area (Å²) in [5.74, 6) is 0.861. The van der Waals surface area contributed by atoms with Crippen LogP contribution in [0.3, 0.4) is 0 Å². The molecular weight excluding hydrogens is 374 g/mol. The van der Waals surface area contributed by atoms with Gasteiger partial charge < -0.3 is 9.47 Å². The van der Waals surface area contributed by atoms with E-state index in [0.29, 0.717) is 26.2 Å². The summed E-state index contributed by atoms with van der Waals surface area (Å²) in [6.07, 6.45) is 0.672. The Morgan fingerprint density at radius 2 is 1.86 bits per heavy atom. The Bertz CT molecular complexity index is 878. The van der Waals surface area contributed by atoms with E-state index in [0.717, 1.165) is 22.4 Å². The fraction of sp³-hybridized carbons (Fsp3) is 0.455. The van der Waals surface area contributed by atoms with Crippen molar-refractivity contribution in [2.45, 2.75) is 44.4 Å². The van der Waals surface area contributed by atoms with Crippen molar-refractivity contribution in [3.05, 3.63) is 54.1 Å². The molecule has 0 bridgehead atoms. The predicted molar refractivity (Wildman–Crippen MR) is 112 cm³/mol. The van der Waals surface area contributed by atoms with Gasteiger partial charge in [0.15, 0.2) is 0 Å². The maximum atomic E-state index is 12.3. The first kappa shape index (κ1) is 20.8. The van der Waals surface area contributed by atoms with Crippen molar-refractivity contribution in [3.63, 3.8) is 0 Å². The molecular formula is C22H29NO4S. The second-order valence-electron chi connectivity index (χ2n) is 7.34. The van der Waals surface area contributed by atoms with Crippen LogP contribution in [0.4, 0.5) is 0 Å². The van der Waals surface area contributed by atoms with Crippen molar-refractivity contribution in [1.29, 1.82) is 0 Å². The van der Waals surface area contributed by atoms with E-state index >= 15 is 0 Å². The van der Waals surface area contributed by atoms with E-state index in [4.69, 9.17) is 9.47 Å². The lowest BCUT2D eigenvalue weighted by Gasteiger charge is -2.33. The third-order valence-corrected chi connectivity index (χ3v) is 7.00. The zero-order chi connectivity index (χ0) is 20.1. The second-order valence-corrected chi connectivity index (χ2v) is 9.61. The first-order valence-corrected chi connectivity index (χ1v) is 11.4. The molecule has 1 aliphatic heterocycles. The Morgan fingerprint density at radius 1 is 1.14 bits per heavy atom. The van der Waals surface area contributed by atoms with E-state index in [1.54, 1.807) is 13.8 Å². The molecule has 0 radical (unpaired) electrons. The van der Waals surface area contributed by atoms with Crippen molar-refractivity contribution in [2.24, 2.45) is 0 Å². The zero-order valence-electron chi connectivity index (χ0n) is 16.7. The molecule has 1 fully saturated rings. The van der Waals surface area contributed by atoms with Gasteiger partial charge in [0.05, 0.1) is 18.5 Å². The summed E-state index contributed by atoms with van der Waals surface area (Å²) in [6, 6.07) is 16.1. The highest BCUT2D eigenvalue weighted by Gasteiger charge is 2.31. The monoisotopic (exact) mass is 403 g/mol. The summed E-state index contributed by atoms with van der Waals surface area (Å²) < 4.78 is 39.0. The van der Waals surface area contributed by atoms with Gasteiger partial charge in [-0.15, -0.1) is 0 Å². The van der Waals surface area contributed by atoms with Gasteiger partial charge in [-0.05, 0) is 44.4 Å². The molecule has 6 heteroatoms. The van der Waals surface area contributed by atoms with Crippen LogP contribution in [0.5, 0.6) is 5.75 Å². The van der Waals surface area contributed by atoms with Gasteiger partial charge in [0.25, 0.3) is 0 Å². The topological polar surface area (TPSA) is 64.6 Å². The molecule has 2 atom stereocenters. The van der Waals surface area contributed by atoms with Gasteiger partial charge in [0, 0.05) is 24.1 Å². The molecule has 1 saturated heterocycles. The number of hydrogen-bond donors (Lipinski definition) is 1. The Kier molecular flexibility index (Phi) is 6.75. The molecule has 0 spiro atoms. The Morgan fingerprint density at radius 3 is 2.54 bits per heavy atom. The summed E-state index contributed by atoms with van der Waals surface area (Å²) in [5.41, 5.74) is 3.20. The molecule has 1 heterocycles. The summed E-state index contributed by atoms with van der Waals surface area (Å²) in [6.45, 7) is 7.07. The maximum Gasteiger partial charge on any atom is 0.214 e. The van der Waals surface area contributed by atoms with Crippen LogP contribution in [0.15, 0.2) is 48.5 Å². The maximum absolute atomic E-state index is 12.3. The first-order valence-electron chi connectivity index (χ1n) is 9.83. The van der Waals surface area contributed by atoms with Crippen LogP contribution in [0.2, 0.25) is 0 Å². The molecule has 152 valence electrons. The number of hydrogen-bond acceptors (Lipinski definition) is 4. The van der Waals surface area contributed by atoms with Crippen LogP contribution in [-0.4, -0.2) is 39.5 Å². The van der Waals surface area contributed by atoms with Crippen LogP contribution in [0.25, 0.3) is 11.1 Å². The Balaban J connectivity index is 1.83. The second kappa shape index (κ2) is 9.07. The lowest BCUT2D eigenvalue weighted by Crippen LogP contribution is -2.46. The largest absolute Gasteiger partial charge is 0.493 e. The van der Waals surface area contributed by atoms with Gasteiger partial charge in [-0.1, -0.05) is 42.5 Å². The van der Waals surface area contributed by atoms with Crippen LogP contribution >= 0.6 is 0 Å². The van der Waals surface area contributed by atoms with E-state index < -0.39 is 15.3 Å². The van der Waals surface area contributed by atoms with Gasteiger partial charge in [-0.25, -0.2) is 13.1 Å². The van der Waals surface area contributed by atoms with Crippen molar-refractivity contribution >= 4 is 10.0 Å². The SMILES string of the molecule is CCOc1ccccc1-c1ccc([C@@H]2COCCC2NS(=O)(=O)C(C)C)cc1. The summed E-state index contributed by atoms with van der Waals surface area (Å²) in [7, 11) is -3.32. The fourth-order valence-corrected chi connectivity index (χ4v) is 4.43. The highest BCUT2D eigenvalue weighted by atomic mass is 32.2. The van der Waals surface area contributed by atoms with E-state index in [1.807, 2.05) is 31.2 Å². The van der Waals surface area contributed by atoms with Gasteiger partial charge in [0.1, 0.15) is 5.75 Å². The summed E-state index contributed by atoms with van der Waals surface area (Å²) >= 11 is 0. The molecule has 0 amide bonds. The molecule has 5 nitrogen and oxygen atoms in total. The Hall–Kier alpha value is -1.89. The van der Waals surface area contributed by atoms with E-state index in [-0.39, 0.29) is 12.0 Å². The predicted octanol–water partition coefficient (Wildman–Crippen LogP) is 3.95. The van der Waals surface area contributed by atoms with Gasteiger partial charge in [-0.2, -0.15) is 0 Å². The molecule has 1 unspecified atom stereocenters. The van der Waals surface area contributed by atoms with Crippen molar-refractivity contribution in [2.75, 3.05) is 19.8 Å². The number of ether oxygens (including phenoxy) is 2. The lowest BCUT2D eigenvalue weighted by molar-refractivity contribution is 0.0653. The smallest absolute Gasteiger partial charge is 0.214 e. The van der Waals surface area contributed by atoms with Crippen molar-refractivity contribution in [1.82, 2.24) is 4.72 Å². The highest BCUT2D eigenvalue weighted by molar-refractivity contribution is 7.90. The minimum absolute atomic E-state index is 0.00143. The third kappa shape index (κ3) is 4.74. The fourth-order valence-electron chi connectivity index (χ4n) is 3.45. The van der Waals surface area contributed by atoms with Crippen LogP contribution < -0.4 is 9.46 Å². The Labute approximate surface area is 168 Å². The average molecular weight is 404 g/mol. The van der Waals surface area contributed by atoms with Gasteiger partial charge >= 0.3 is 0 Å². The number of benzene rings is 2. The molecule has 0 saturated carbocycles. The number of para-hydroxylation sites is 1. The molecule has 2 aromatic rings. The van der Waals surface area contributed by atoms with E-state index in [2.05, 4.69) is 29.0 Å². The quantitative estimate of drug-likeness (QED) is 0.760. The lowest BCUT2D eigenvalue weighted by atomic mass is 9.88. The van der Waals surface area contributed by atoms with E-state index in [9.17, 15) is 8.42 Å². The van der Waals surface area contributed by atoms with Gasteiger partial charge in [-0.3, -0.25) is 0 Å². The number of rotatable bonds is 7. The standard InChI is InChI=1S/C22H29NO4S/c1-4-27-22-8-6-5-7-19(22)17-9-11-18(12-10-17)20-15-26-14-13-21(20)23-28(24,25)16(2)3/h5-12,16,20-21,23H,4,13-15H2,1-3H3/t20-,21?/m0/s1. The molecule has 1 N–H and O–H groups in total. The molecule has 2 aromatic carbocycles. The van der Waals surface area contributed by atoms with Crippen molar-refractivity contribution < 1.29 is 17.9 Å². The minimum atomic E-state index is -3.32. The first-order chi connectivity index (χ1) is 13.4. The van der Waals surface area contributed by atoms with Gasteiger partial charge in [0.2, 0.25) is 10.0 Å². The third-order valence-electron chi connectivity index (χ3n) is 5.13. The molecule has 28 heavy (non-hydrogen) atoms. The van der Waals surface area contributed by atoms with Crippen molar-refractivity contribution in [3.8, 4) is 16.9 Å². The number of sulfonamides is 1. The van der Waals surface area contributed by atoms with Crippen LogP contribution in [0.1, 0.15) is 38.7 Å². The van der Waals surface area contributed by atoms with E-state index in [1.165, 1.54) is 0 Å². The summed E-state index contributed by atoms with van der Waals surface area (Å²) in [5, 5.41) is -0.451. The highest BCUT2D eigenvalue weighted by Crippen LogP contribution is 2.33. The zero-order valence-corrected chi connectivity index (χ0v) is 17.5. The molecule has 0 aromatic heterocycles. The molecule has 3 rings (SSSR count). The van der Waals surface area contributed by atoms with Crippen LogP contribution in [0, 0.1) is 0 Å². The minimum Gasteiger partial charge on any atom is -0.493 e.